The number of nitrogens with two attached hydrogens (primary N) is 1. The van der Waals surface area contributed by atoms with Gasteiger partial charge in [0.25, 0.3) is 0 Å². The third-order valence-corrected chi connectivity index (χ3v) is 2.06. The molecular weight excluding hydrogens is 266 g/mol. The lowest BCUT2D eigenvalue weighted by Gasteiger charge is -2.13. The molecule has 0 unspecified atom stereocenters. The summed E-state index contributed by atoms with van der Waals surface area (Å²) in [4.78, 5) is 0. The Morgan fingerprint density at radius 2 is 1.59 bits per heavy atom. The highest BCUT2D eigenvalue weighted by Crippen LogP contribution is 2.34. The van der Waals surface area contributed by atoms with E-state index in [9.17, 15) is 17.6 Å². The zero-order valence-corrected chi connectivity index (χ0v) is 9.06. The molecule has 17 heavy (non-hydrogen) atoms. The highest BCUT2D eigenvalue weighted by molar-refractivity contribution is 6.32. The van der Waals surface area contributed by atoms with Crippen molar-refractivity contribution in [3.8, 4) is 11.5 Å². The maximum atomic E-state index is 12.0. The van der Waals surface area contributed by atoms with Gasteiger partial charge >= 0.3 is 13.2 Å². The molecular formula is C9H8ClF4NO2. The van der Waals surface area contributed by atoms with E-state index in [4.69, 9.17) is 17.3 Å². The number of rotatable bonds is 5. The van der Waals surface area contributed by atoms with Gasteiger partial charge in [-0.3, -0.25) is 0 Å². The minimum Gasteiger partial charge on any atom is -0.434 e. The molecule has 0 spiro atoms. The Morgan fingerprint density at radius 3 is 2.06 bits per heavy atom. The Hall–Kier alpha value is -1.21. The number of hydrogen-bond donors (Lipinski definition) is 1. The van der Waals surface area contributed by atoms with E-state index in [2.05, 4.69) is 9.47 Å². The third-order valence-electron chi connectivity index (χ3n) is 1.77. The monoisotopic (exact) mass is 273 g/mol. The minimum absolute atomic E-state index is 0.128. The standard InChI is InChI=1S/C9H8ClF4NO2/c10-5-1-4(3-15)6(16-8(11)12)2-7(5)17-9(13)14/h1-2,8-9H,3,15H2. The van der Waals surface area contributed by atoms with Gasteiger partial charge in [-0.15, -0.1) is 0 Å². The largest absolute Gasteiger partial charge is 0.434 e. The summed E-state index contributed by atoms with van der Waals surface area (Å²) < 4.78 is 56.2. The van der Waals surface area contributed by atoms with E-state index >= 15 is 0 Å². The molecule has 0 bridgehead atoms. The Kier molecular flexibility index (Phi) is 4.83. The van der Waals surface area contributed by atoms with Gasteiger partial charge in [0.2, 0.25) is 0 Å². The second-order valence-electron chi connectivity index (χ2n) is 2.85. The molecule has 0 heterocycles. The van der Waals surface area contributed by atoms with E-state index in [-0.39, 0.29) is 22.9 Å². The van der Waals surface area contributed by atoms with Crippen LogP contribution in [0.4, 0.5) is 17.6 Å². The molecule has 0 atom stereocenters. The fraction of sp³-hybridized carbons (Fsp3) is 0.333. The van der Waals surface area contributed by atoms with Crippen LogP contribution in [0, 0.1) is 0 Å². The van der Waals surface area contributed by atoms with Crippen LogP contribution in [-0.4, -0.2) is 13.2 Å². The van der Waals surface area contributed by atoms with Gasteiger partial charge in [0.15, 0.2) is 0 Å². The van der Waals surface area contributed by atoms with Crippen molar-refractivity contribution >= 4 is 11.6 Å². The average molecular weight is 274 g/mol. The normalized spacial score (nSPS) is 11.1. The molecule has 0 fully saturated rings. The molecule has 96 valence electrons. The third kappa shape index (κ3) is 3.94. The first-order valence-corrected chi connectivity index (χ1v) is 4.74. The van der Waals surface area contributed by atoms with Crippen molar-refractivity contribution in [3.05, 3.63) is 22.7 Å². The summed E-state index contributed by atoms with van der Waals surface area (Å²) in [6, 6.07) is 1.99. The van der Waals surface area contributed by atoms with Crippen molar-refractivity contribution in [1.29, 1.82) is 0 Å². The molecule has 1 aromatic rings. The second kappa shape index (κ2) is 5.92. The topological polar surface area (TPSA) is 44.5 Å². The fourth-order valence-corrected chi connectivity index (χ4v) is 1.36. The van der Waals surface area contributed by atoms with E-state index in [1.165, 1.54) is 0 Å². The zero-order chi connectivity index (χ0) is 13.0. The lowest BCUT2D eigenvalue weighted by molar-refractivity contribution is -0.0546. The van der Waals surface area contributed by atoms with Crippen LogP contribution in [0.2, 0.25) is 5.02 Å². The molecule has 0 aromatic heterocycles. The molecule has 1 rings (SSSR count). The van der Waals surface area contributed by atoms with Gasteiger partial charge in [0.05, 0.1) is 5.02 Å². The predicted octanol–water partition coefficient (Wildman–Crippen LogP) is 3.00. The lowest BCUT2D eigenvalue weighted by atomic mass is 10.2. The van der Waals surface area contributed by atoms with Gasteiger partial charge < -0.3 is 15.2 Å². The van der Waals surface area contributed by atoms with Crippen molar-refractivity contribution in [2.75, 3.05) is 0 Å². The molecule has 0 aliphatic heterocycles. The molecule has 2 N–H and O–H groups in total. The highest BCUT2D eigenvalue weighted by Gasteiger charge is 2.16. The predicted molar refractivity (Wildman–Crippen MR) is 52.6 cm³/mol. The lowest BCUT2D eigenvalue weighted by Crippen LogP contribution is -2.09. The van der Waals surface area contributed by atoms with Gasteiger partial charge in [0.1, 0.15) is 11.5 Å². The SMILES string of the molecule is NCc1cc(Cl)c(OC(F)F)cc1OC(F)F. The van der Waals surface area contributed by atoms with Gasteiger partial charge in [-0.25, -0.2) is 0 Å². The fourth-order valence-electron chi connectivity index (χ4n) is 1.13. The van der Waals surface area contributed by atoms with Crippen LogP contribution < -0.4 is 15.2 Å². The molecule has 0 aliphatic carbocycles. The number of ether oxygens (including phenoxy) is 2. The van der Waals surface area contributed by atoms with E-state index in [0.717, 1.165) is 12.1 Å². The molecule has 0 amide bonds. The summed E-state index contributed by atoms with van der Waals surface area (Å²) in [6.07, 6.45) is 0. The van der Waals surface area contributed by atoms with Crippen molar-refractivity contribution < 1.29 is 27.0 Å². The van der Waals surface area contributed by atoms with Crippen molar-refractivity contribution in [1.82, 2.24) is 0 Å². The molecule has 0 aliphatic rings. The van der Waals surface area contributed by atoms with E-state index in [1.54, 1.807) is 0 Å². The summed E-state index contributed by atoms with van der Waals surface area (Å²) in [5.41, 5.74) is 5.44. The minimum atomic E-state index is -3.12. The average Bonchev–Trinajstić information content (AvgIpc) is 2.21. The first-order valence-electron chi connectivity index (χ1n) is 4.36. The van der Waals surface area contributed by atoms with Gasteiger partial charge in [-0.05, 0) is 6.07 Å². The van der Waals surface area contributed by atoms with Gasteiger partial charge in [0, 0.05) is 18.2 Å². The summed E-state index contributed by atoms with van der Waals surface area (Å²) in [6.45, 7) is -6.34. The van der Waals surface area contributed by atoms with Crippen molar-refractivity contribution in [3.63, 3.8) is 0 Å². The summed E-state index contributed by atoms with van der Waals surface area (Å²) >= 11 is 5.60. The Balaban J connectivity index is 3.08. The Bertz CT molecular complexity index is 390. The molecule has 0 saturated carbocycles. The Morgan fingerprint density at radius 1 is 1.06 bits per heavy atom. The van der Waals surface area contributed by atoms with Crippen LogP contribution in [-0.2, 0) is 6.54 Å². The smallest absolute Gasteiger partial charge is 0.387 e. The Labute approximate surface area is 99.1 Å². The summed E-state index contributed by atoms with van der Waals surface area (Å²) in [7, 11) is 0. The molecule has 3 nitrogen and oxygen atoms in total. The van der Waals surface area contributed by atoms with Crippen molar-refractivity contribution in [2.45, 2.75) is 19.8 Å². The second-order valence-corrected chi connectivity index (χ2v) is 3.26. The van der Waals surface area contributed by atoms with Gasteiger partial charge in [-0.1, -0.05) is 11.6 Å². The molecule has 0 radical (unpaired) electrons. The first-order chi connectivity index (χ1) is 7.93. The zero-order valence-electron chi connectivity index (χ0n) is 8.30. The number of alkyl halides is 4. The van der Waals surface area contributed by atoms with Gasteiger partial charge in [-0.2, -0.15) is 17.6 Å². The first kappa shape index (κ1) is 13.9. The quantitative estimate of drug-likeness (QED) is 0.839. The summed E-state index contributed by atoms with van der Waals surface area (Å²) in [5, 5.41) is -0.160. The molecule has 8 heteroatoms. The van der Waals surface area contributed by atoms with Crippen LogP contribution in [0.25, 0.3) is 0 Å². The van der Waals surface area contributed by atoms with E-state index in [1.807, 2.05) is 0 Å². The maximum Gasteiger partial charge on any atom is 0.387 e. The number of halogens is 5. The van der Waals surface area contributed by atoms with Crippen molar-refractivity contribution in [2.24, 2.45) is 5.73 Å². The highest BCUT2D eigenvalue weighted by atomic mass is 35.5. The molecule has 1 aromatic carbocycles. The maximum absolute atomic E-state index is 12.0. The van der Waals surface area contributed by atoms with Crippen LogP contribution in [0.15, 0.2) is 12.1 Å². The van der Waals surface area contributed by atoms with E-state index < -0.39 is 19.0 Å². The van der Waals surface area contributed by atoms with Crippen LogP contribution in [0.1, 0.15) is 5.56 Å². The number of hydrogen-bond acceptors (Lipinski definition) is 3. The molecule has 0 saturated heterocycles. The number of benzene rings is 1. The van der Waals surface area contributed by atoms with Crippen LogP contribution in [0.3, 0.4) is 0 Å². The van der Waals surface area contributed by atoms with E-state index in [0.29, 0.717) is 0 Å². The van der Waals surface area contributed by atoms with Crippen LogP contribution in [0.5, 0.6) is 11.5 Å². The van der Waals surface area contributed by atoms with Crippen LogP contribution >= 0.6 is 11.6 Å². The summed E-state index contributed by atoms with van der Waals surface area (Å²) in [5.74, 6) is -0.794.